The molecule has 1 unspecified atom stereocenters. The zero-order valence-corrected chi connectivity index (χ0v) is 16.8. The number of benzene rings is 2. The van der Waals surface area contributed by atoms with Crippen molar-refractivity contribution in [2.24, 2.45) is 5.92 Å². The number of hydrogen-bond acceptors (Lipinski definition) is 4. The first-order valence-corrected chi connectivity index (χ1v) is 9.85. The summed E-state index contributed by atoms with van der Waals surface area (Å²) in [6, 6.07) is 15.5. The molecule has 0 aliphatic carbocycles. The number of nitrogens with zero attached hydrogens (tertiary/aromatic N) is 1. The van der Waals surface area contributed by atoms with Gasteiger partial charge in [-0.3, -0.25) is 14.4 Å². The average Bonchev–Trinajstić information content (AvgIpc) is 3.13. The fourth-order valence-corrected chi connectivity index (χ4v) is 3.33. The zero-order valence-electron chi connectivity index (χ0n) is 16.8. The maximum atomic E-state index is 12.3. The van der Waals surface area contributed by atoms with E-state index in [2.05, 4.69) is 12.2 Å². The molecule has 2 aromatic carbocycles. The van der Waals surface area contributed by atoms with Gasteiger partial charge in [-0.1, -0.05) is 43.3 Å². The van der Waals surface area contributed by atoms with E-state index in [9.17, 15) is 14.4 Å². The van der Waals surface area contributed by atoms with Crippen LogP contribution in [0.25, 0.3) is 0 Å². The third-order valence-corrected chi connectivity index (χ3v) is 5.20. The highest BCUT2D eigenvalue weighted by Crippen LogP contribution is 2.26. The Morgan fingerprint density at radius 1 is 1.14 bits per heavy atom. The van der Waals surface area contributed by atoms with Gasteiger partial charge in [0, 0.05) is 25.2 Å². The van der Waals surface area contributed by atoms with Crippen molar-refractivity contribution in [1.82, 2.24) is 5.32 Å². The summed E-state index contributed by atoms with van der Waals surface area (Å²) in [5, 5.41) is 2.75. The van der Waals surface area contributed by atoms with Crippen molar-refractivity contribution in [3.8, 4) is 0 Å². The monoisotopic (exact) mass is 394 g/mol. The Kier molecular flexibility index (Phi) is 6.65. The number of hydrogen-bond donors (Lipinski definition) is 1. The molecule has 1 aliphatic heterocycles. The Hall–Kier alpha value is -3.15. The van der Waals surface area contributed by atoms with Crippen molar-refractivity contribution in [3.63, 3.8) is 0 Å². The molecule has 6 nitrogen and oxygen atoms in total. The van der Waals surface area contributed by atoms with Crippen molar-refractivity contribution in [1.29, 1.82) is 0 Å². The second-order valence-electron chi connectivity index (χ2n) is 7.24. The maximum Gasteiger partial charge on any atom is 0.311 e. The fourth-order valence-electron chi connectivity index (χ4n) is 3.33. The Labute approximate surface area is 170 Å². The minimum atomic E-state index is -0.558. The van der Waals surface area contributed by atoms with E-state index < -0.39 is 11.9 Å². The lowest BCUT2D eigenvalue weighted by Gasteiger charge is -2.17. The van der Waals surface area contributed by atoms with E-state index in [4.69, 9.17) is 4.74 Å². The van der Waals surface area contributed by atoms with Gasteiger partial charge in [-0.15, -0.1) is 0 Å². The summed E-state index contributed by atoms with van der Waals surface area (Å²) in [4.78, 5) is 38.2. The van der Waals surface area contributed by atoms with E-state index in [1.165, 1.54) is 5.56 Å². The number of esters is 1. The molecular weight excluding hydrogens is 368 g/mol. The number of anilines is 1. The molecule has 3 rings (SSSR count). The second-order valence-corrected chi connectivity index (χ2v) is 7.24. The molecule has 1 atom stereocenters. The van der Waals surface area contributed by atoms with Crippen LogP contribution in [0.1, 0.15) is 30.0 Å². The Balaban J connectivity index is 1.47. The SMILES string of the molecule is CCc1ccc(N2CC(C(=O)OCC(=O)NCc3ccccc3C)CC2=O)cc1. The first-order chi connectivity index (χ1) is 14.0. The summed E-state index contributed by atoms with van der Waals surface area (Å²) in [5.41, 5.74) is 4.06. The summed E-state index contributed by atoms with van der Waals surface area (Å²) in [5.74, 6) is -1.55. The lowest BCUT2D eigenvalue weighted by Crippen LogP contribution is -2.31. The molecule has 1 N–H and O–H groups in total. The summed E-state index contributed by atoms with van der Waals surface area (Å²) >= 11 is 0. The number of nitrogens with one attached hydrogen (secondary N) is 1. The van der Waals surface area contributed by atoms with Gasteiger partial charge in [0.05, 0.1) is 5.92 Å². The van der Waals surface area contributed by atoms with Gasteiger partial charge in [0.15, 0.2) is 6.61 Å². The van der Waals surface area contributed by atoms with Crippen LogP contribution in [-0.2, 0) is 32.1 Å². The van der Waals surface area contributed by atoms with E-state index in [1.807, 2.05) is 55.5 Å². The van der Waals surface area contributed by atoms with Gasteiger partial charge in [0.2, 0.25) is 5.91 Å². The quantitative estimate of drug-likeness (QED) is 0.733. The number of carbonyl (C=O) groups is 3. The van der Waals surface area contributed by atoms with Gasteiger partial charge in [-0.2, -0.15) is 0 Å². The van der Waals surface area contributed by atoms with Crippen LogP contribution < -0.4 is 10.2 Å². The summed E-state index contributed by atoms with van der Waals surface area (Å²) in [7, 11) is 0. The van der Waals surface area contributed by atoms with E-state index in [0.717, 1.165) is 23.2 Å². The molecule has 0 spiro atoms. The van der Waals surface area contributed by atoms with Crippen LogP contribution in [0.15, 0.2) is 48.5 Å². The predicted octanol–water partition coefficient (Wildman–Crippen LogP) is 2.77. The largest absolute Gasteiger partial charge is 0.455 e. The van der Waals surface area contributed by atoms with Crippen LogP contribution in [0.3, 0.4) is 0 Å². The van der Waals surface area contributed by atoms with Crippen LogP contribution in [-0.4, -0.2) is 30.9 Å². The molecule has 6 heteroatoms. The number of rotatable bonds is 7. The van der Waals surface area contributed by atoms with Crippen LogP contribution >= 0.6 is 0 Å². The fraction of sp³-hybridized carbons (Fsp3) is 0.348. The molecule has 0 bridgehead atoms. The highest BCUT2D eigenvalue weighted by molar-refractivity contribution is 5.99. The summed E-state index contributed by atoms with van der Waals surface area (Å²) in [6.07, 6.45) is 1.02. The lowest BCUT2D eigenvalue weighted by molar-refractivity contribution is -0.152. The minimum absolute atomic E-state index is 0.0964. The zero-order chi connectivity index (χ0) is 20.8. The topological polar surface area (TPSA) is 75.7 Å². The van der Waals surface area contributed by atoms with Gasteiger partial charge in [0.25, 0.3) is 5.91 Å². The number of ether oxygens (including phenoxy) is 1. The van der Waals surface area contributed by atoms with Gasteiger partial charge >= 0.3 is 5.97 Å². The predicted molar refractivity (Wildman–Crippen MR) is 110 cm³/mol. The van der Waals surface area contributed by atoms with E-state index >= 15 is 0 Å². The van der Waals surface area contributed by atoms with Gasteiger partial charge in [0.1, 0.15) is 0 Å². The molecule has 0 saturated carbocycles. The molecule has 0 aromatic heterocycles. The Morgan fingerprint density at radius 3 is 2.55 bits per heavy atom. The molecule has 2 amide bonds. The maximum absolute atomic E-state index is 12.3. The minimum Gasteiger partial charge on any atom is -0.455 e. The third kappa shape index (κ3) is 5.22. The van der Waals surface area contributed by atoms with Crippen molar-refractivity contribution in [3.05, 3.63) is 65.2 Å². The molecule has 1 aliphatic rings. The Morgan fingerprint density at radius 2 is 1.86 bits per heavy atom. The Bertz CT molecular complexity index is 892. The number of carbonyl (C=O) groups excluding carboxylic acids is 3. The first-order valence-electron chi connectivity index (χ1n) is 9.85. The van der Waals surface area contributed by atoms with Gasteiger partial charge in [-0.25, -0.2) is 0 Å². The molecule has 1 saturated heterocycles. The van der Waals surface area contributed by atoms with Crippen LogP contribution in [0, 0.1) is 12.8 Å². The van der Waals surface area contributed by atoms with Gasteiger partial charge < -0.3 is 15.0 Å². The smallest absolute Gasteiger partial charge is 0.311 e. The molecule has 1 heterocycles. The lowest BCUT2D eigenvalue weighted by atomic mass is 10.1. The highest BCUT2D eigenvalue weighted by Gasteiger charge is 2.36. The standard InChI is InChI=1S/C23H26N2O4/c1-3-17-8-10-20(11-9-17)25-14-19(12-22(25)27)23(28)29-15-21(26)24-13-18-7-5-4-6-16(18)2/h4-11,19H,3,12-15H2,1-2H3,(H,24,26). The first kappa shape index (κ1) is 20.6. The van der Waals surface area contributed by atoms with Crippen LogP contribution in [0.5, 0.6) is 0 Å². The molecule has 152 valence electrons. The van der Waals surface area contributed by atoms with E-state index in [0.29, 0.717) is 6.54 Å². The molecule has 1 fully saturated rings. The van der Waals surface area contributed by atoms with Crippen molar-refractivity contribution < 1.29 is 19.1 Å². The van der Waals surface area contributed by atoms with Crippen molar-refractivity contribution in [2.45, 2.75) is 33.2 Å². The molecular formula is C23H26N2O4. The molecule has 29 heavy (non-hydrogen) atoms. The van der Waals surface area contributed by atoms with Crippen LogP contribution in [0.2, 0.25) is 0 Å². The number of aryl methyl sites for hydroxylation is 2. The molecule has 2 aromatic rings. The van der Waals surface area contributed by atoms with E-state index in [-0.39, 0.29) is 31.4 Å². The van der Waals surface area contributed by atoms with E-state index in [1.54, 1.807) is 4.90 Å². The van der Waals surface area contributed by atoms with Crippen molar-refractivity contribution >= 4 is 23.5 Å². The van der Waals surface area contributed by atoms with Crippen LogP contribution in [0.4, 0.5) is 5.69 Å². The normalized spacial score (nSPS) is 16.0. The summed E-state index contributed by atoms with van der Waals surface area (Å²) < 4.78 is 5.15. The molecule has 0 radical (unpaired) electrons. The summed E-state index contributed by atoms with van der Waals surface area (Å²) in [6.45, 7) is 4.35. The van der Waals surface area contributed by atoms with Gasteiger partial charge in [-0.05, 0) is 42.2 Å². The van der Waals surface area contributed by atoms with Crippen molar-refractivity contribution in [2.75, 3.05) is 18.1 Å². The third-order valence-electron chi connectivity index (χ3n) is 5.20. The highest BCUT2D eigenvalue weighted by atomic mass is 16.5. The average molecular weight is 394 g/mol. The second kappa shape index (κ2) is 9.37. The number of amides is 2.